The van der Waals surface area contributed by atoms with Crippen molar-refractivity contribution in [3.05, 3.63) is 246 Å². The van der Waals surface area contributed by atoms with Crippen molar-refractivity contribution in [2.24, 2.45) is 0 Å². The van der Waals surface area contributed by atoms with Gasteiger partial charge in [0, 0.05) is 22.4 Å². The zero-order valence-corrected chi connectivity index (χ0v) is 34.0. The number of para-hydroxylation sites is 2. The van der Waals surface area contributed by atoms with Gasteiger partial charge in [0.05, 0.1) is 16.8 Å². The fraction of sp³-hybridized carbons (Fsp3) is 0.0517. The monoisotopic (exact) mass is 792 g/mol. The van der Waals surface area contributed by atoms with Gasteiger partial charge in [-0.05, 0) is 86.7 Å². The van der Waals surface area contributed by atoms with Crippen LogP contribution >= 0.6 is 0 Å². The van der Waals surface area contributed by atoms with Crippen molar-refractivity contribution in [2.75, 3.05) is 4.90 Å². The molecule has 292 valence electrons. The van der Waals surface area contributed by atoms with E-state index < -0.39 is 5.41 Å². The highest BCUT2D eigenvalue weighted by Crippen LogP contribution is 2.64. The van der Waals surface area contributed by atoms with Crippen molar-refractivity contribution in [2.45, 2.75) is 18.3 Å². The number of nitrogens with zero attached hydrogens (tertiary/aromatic N) is 4. The van der Waals surface area contributed by atoms with Gasteiger partial charge in [0.15, 0.2) is 17.5 Å². The van der Waals surface area contributed by atoms with Crippen LogP contribution in [-0.4, -0.2) is 15.0 Å². The molecule has 8 aromatic carbocycles. The van der Waals surface area contributed by atoms with Gasteiger partial charge in [0.25, 0.3) is 0 Å². The summed E-state index contributed by atoms with van der Waals surface area (Å²) in [5, 5.41) is 0. The number of aromatic nitrogens is 3. The molecular formula is C58H40N4. The Morgan fingerprint density at radius 1 is 0.355 bits per heavy atom. The third-order valence-corrected chi connectivity index (χ3v) is 12.8. The predicted molar refractivity (Wildman–Crippen MR) is 253 cm³/mol. The van der Waals surface area contributed by atoms with E-state index in [1.807, 2.05) is 24.3 Å². The Morgan fingerprint density at radius 2 is 0.806 bits per heavy atom. The summed E-state index contributed by atoms with van der Waals surface area (Å²) in [7, 11) is 0. The molecule has 0 amide bonds. The van der Waals surface area contributed by atoms with E-state index in [1.54, 1.807) is 0 Å². The molecule has 0 fully saturated rings. The van der Waals surface area contributed by atoms with E-state index in [0.717, 1.165) is 40.7 Å². The summed E-state index contributed by atoms with van der Waals surface area (Å²) >= 11 is 0. The van der Waals surface area contributed by atoms with Gasteiger partial charge in [-0.1, -0.05) is 200 Å². The van der Waals surface area contributed by atoms with Crippen molar-refractivity contribution >= 4 is 11.4 Å². The van der Waals surface area contributed by atoms with Crippen molar-refractivity contribution in [3.8, 4) is 67.5 Å². The molecule has 2 aliphatic carbocycles. The first kappa shape index (κ1) is 35.9. The fourth-order valence-electron chi connectivity index (χ4n) is 10.0. The SMILES string of the molecule is C1=CC(N2c3ccccc3C3(c4ccccc4-c4cccc(-c5ccc(-c6nc(-c7ccccc7)nc(-c7ccc(-c8ccccc8)cc7)n6)cc5)c43)c3ccccc32)=CCC1. The summed E-state index contributed by atoms with van der Waals surface area (Å²) in [5.74, 6) is 1.92. The number of hydrogen-bond acceptors (Lipinski definition) is 4. The summed E-state index contributed by atoms with van der Waals surface area (Å²) in [5.41, 5.74) is 18.3. The molecule has 0 atom stereocenters. The molecular weight excluding hydrogens is 753 g/mol. The molecule has 3 aliphatic rings. The van der Waals surface area contributed by atoms with Crippen LogP contribution in [-0.2, 0) is 5.41 Å². The number of rotatable bonds is 6. The third-order valence-electron chi connectivity index (χ3n) is 12.8. The van der Waals surface area contributed by atoms with Gasteiger partial charge in [0.1, 0.15) is 0 Å². The molecule has 0 radical (unpaired) electrons. The van der Waals surface area contributed by atoms with Crippen LogP contribution in [0.2, 0.25) is 0 Å². The molecule has 9 aromatic rings. The van der Waals surface area contributed by atoms with Crippen LogP contribution < -0.4 is 4.90 Å². The largest absolute Gasteiger partial charge is 0.310 e. The first-order chi connectivity index (χ1) is 30.8. The molecule has 1 aromatic heterocycles. The highest BCUT2D eigenvalue weighted by atomic mass is 15.2. The minimum absolute atomic E-state index is 0.548. The molecule has 1 aliphatic heterocycles. The molecule has 1 spiro atoms. The third kappa shape index (κ3) is 5.64. The maximum absolute atomic E-state index is 5.12. The molecule has 0 saturated carbocycles. The summed E-state index contributed by atoms with van der Waals surface area (Å²) in [4.78, 5) is 17.7. The zero-order chi connectivity index (χ0) is 41.0. The lowest BCUT2D eigenvalue weighted by Gasteiger charge is -2.46. The van der Waals surface area contributed by atoms with Gasteiger partial charge >= 0.3 is 0 Å². The second kappa shape index (κ2) is 14.6. The van der Waals surface area contributed by atoms with Gasteiger partial charge in [-0.3, -0.25) is 0 Å². The quantitative estimate of drug-likeness (QED) is 0.168. The van der Waals surface area contributed by atoms with Crippen molar-refractivity contribution in [1.29, 1.82) is 0 Å². The maximum Gasteiger partial charge on any atom is 0.164 e. The number of hydrogen-bond donors (Lipinski definition) is 0. The maximum atomic E-state index is 5.12. The van der Waals surface area contributed by atoms with Gasteiger partial charge < -0.3 is 4.90 Å². The van der Waals surface area contributed by atoms with E-state index in [4.69, 9.17) is 15.0 Å². The average Bonchev–Trinajstić information content (AvgIpc) is 3.66. The van der Waals surface area contributed by atoms with E-state index in [-0.39, 0.29) is 0 Å². The fourth-order valence-corrected chi connectivity index (χ4v) is 10.0. The number of anilines is 2. The highest BCUT2D eigenvalue weighted by molar-refractivity contribution is 5.98. The van der Waals surface area contributed by atoms with Gasteiger partial charge in [0.2, 0.25) is 0 Å². The van der Waals surface area contributed by atoms with E-state index in [9.17, 15) is 0 Å². The number of allylic oxidation sites excluding steroid dienone is 3. The lowest BCUT2D eigenvalue weighted by atomic mass is 9.63. The first-order valence-electron chi connectivity index (χ1n) is 21.4. The van der Waals surface area contributed by atoms with Crippen LogP contribution in [0.25, 0.3) is 67.5 Å². The van der Waals surface area contributed by atoms with E-state index in [0.29, 0.717) is 17.5 Å². The van der Waals surface area contributed by atoms with Crippen LogP contribution in [0.15, 0.2) is 224 Å². The summed E-state index contributed by atoms with van der Waals surface area (Å²) < 4.78 is 0. The Morgan fingerprint density at radius 3 is 1.40 bits per heavy atom. The van der Waals surface area contributed by atoms with Crippen LogP contribution in [0.3, 0.4) is 0 Å². The highest BCUT2D eigenvalue weighted by Gasteiger charge is 2.52. The Labute approximate surface area is 361 Å². The molecule has 62 heavy (non-hydrogen) atoms. The number of benzene rings is 8. The molecule has 2 heterocycles. The van der Waals surface area contributed by atoms with Gasteiger partial charge in [-0.15, -0.1) is 0 Å². The van der Waals surface area contributed by atoms with E-state index in [1.165, 1.54) is 61.6 Å². The predicted octanol–water partition coefficient (Wildman–Crippen LogP) is 14.3. The second-order valence-electron chi connectivity index (χ2n) is 16.2. The molecule has 0 N–H and O–H groups in total. The summed E-state index contributed by atoms with van der Waals surface area (Å²) in [6.07, 6.45) is 9.08. The Balaban J connectivity index is 1.01. The minimum Gasteiger partial charge on any atom is -0.310 e. The standard InChI is InChI=1S/C58H40N4/c1-4-17-39(18-5-1)40-31-35-43(36-32-40)56-59-55(42-19-6-2-7-20-42)60-57(61-56)44-37-33-41(34-38-44)46-24-16-25-48-47-23-10-11-26-49(47)58(54(46)48)50-27-12-14-29-52(50)62(45-21-8-3-9-22-45)53-30-15-13-28-51(53)58/h1-2,4-8,10-38H,3,9H2. The Bertz CT molecular complexity index is 3170. The summed E-state index contributed by atoms with van der Waals surface area (Å²) in [6.45, 7) is 0. The normalized spacial score (nSPS) is 14.1. The Hall–Kier alpha value is -7.95. The average molecular weight is 793 g/mol. The molecule has 4 nitrogen and oxygen atoms in total. The molecule has 4 heteroatoms. The molecule has 0 bridgehead atoms. The van der Waals surface area contributed by atoms with Gasteiger partial charge in [-0.25, -0.2) is 15.0 Å². The minimum atomic E-state index is -0.548. The molecule has 0 unspecified atom stereocenters. The first-order valence-corrected chi connectivity index (χ1v) is 21.4. The lowest BCUT2D eigenvalue weighted by molar-refractivity contribution is 0.750. The topological polar surface area (TPSA) is 41.9 Å². The van der Waals surface area contributed by atoms with Crippen LogP contribution in [0.1, 0.15) is 35.1 Å². The molecule has 12 rings (SSSR count). The van der Waals surface area contributed by atoms with E-state index >= 15 is 0 Å². The van der Waals surface area contributed by atoms with Crippen molar-refractivity contribution < 1.29 is 0 Å². The molecule has 0 saturated heterocycles. The van der Waals surface area contributed by atoms with Gasteiger partial charge in [-0.2, -0.15) is 0 Å². The van der Waals surface area contributed by atoms with E-state index in [2.05, 4.69) is 199 Å². The van der Waals surface area contributed by atoms with Crippen LogP contribution in [0.5, 0.6) is 0 Å². The Kier molecular flexibility index (Phi) is 8.49. The van der Waals surface area contributed by atoms with Crippen LogP contribution in [0.4, 0.5) is 11.4 Å². The zero-order valence-electron chi connectivity index (χ0n) is 34.0. The smallest absolute Gasteiger partial charge is 0.164 e. The van der Waals surface area contributed by atoms with Crippen LogP contribution in [0, 0.1) is 0 Å². The van der Waals surface area contributed by atoms with Crippen molar-refractivity contribution in [3.63, 3.8) is 0 Å². The van der Waals surface area contributed by atoms with Crippen molar-refractivity contribution in [1.82, 2.24) is 15.0 Å². The number of fused-ring (bicyclic) bond motifs is 9. The second-order valence-corrected chi connectivity index (χ2v) is 16.2. The summed E-state index contributed by atoms with van der Waals surface area (Å²) in [6, 6.07) is 71.9. The lowest BCUT2D eigenvalue weighted by Crippen LogP contribution is -2.37.